The number of para-hydroxylation sites is 1. The number of aliphatic hydroxyl groups is 1. The molecule has 0 bridgehead atoms. The number of hydrogen-bond acceptors (Lipinski definition) is 6. The predicted molar refractivity (Wildman–Crippen MR) is 106 cm³/mol. The molecule has 0 aliphatic carbocycles. The molecule has 0 saturated carbocycles. The van der Waals surface area contributed by atoms with Crippen LogP contribution >= 0.6 is 0 Å². The highest BCUT2D eigenvalue weighted by atomic mass is 32.3. The van der Waals surface area contributed by atoms with Gasteiger partial charge in [0.25, 0.3) is 0 Å². The first kappa shape index (κ1) is 23.9. The molecule has 0 spiro atoms. The van der Waals surface area contributed by atoms with E-state index >= 15 is 0 Å². The number of aliphatic hydroxyl groups excluding tert-OH is 1. The zero-order valence-electron chi connectivity index (χ0n) is 15.8. The first-order chi connectivity index (χ1) is 12.9. The molecule has 6 N–H and O–H groups in total. The van der Waals surface area contributed by atoms with E-state index in [0.29, 0.717) is 12.3 Å². The van der Waals surface area contributed by atoms with Crippen molar-refractivity contribution >= 4 is 10.4 Å². The summed E-state index contributed by atoms with van der Waals surface area (Å²) >= 11 is 0. The molecule has 0 aromatic heterocycles. The lowest BCUT2D eigenvalue weighted by Crippen LogP contribution is -2.41. The number of phenolic OH excluding ortho intramolecular Hbond substituents is 2. The zero-order chi connectivity index (χ0) is 21.4. The van der Waals surface area contributed by atoms with Crippen LogP contribution in [0.15, 0.2) is 48.5 Å². The van der Waals surface area contributed by atoms with Gasteiger partial charge in [-0.05, 0) is 56.0 Å². The van der Waals surface area contributed by atoms with E-state index in [-0.39, 0.29) is 11.3 Å². The van der Waals surface area contributed by atoms with Crippen LogP contribution < -0.4 is 5.32 Å². The fraction of sp³-hybridized carbons (Fsp3) is 0.368. The van der Waals surface area contributed by atoms with E-state index in [4.69, 9.17) is 17.5 Å². The molecule has 2 aromatic carbocycles. The lowest BCUT2D eigenvalue weighted by molar-refractivity contribution is 0.159. The maximum absolute atomic E-state index is 10.2. The van der Waals surface area contributed by atoms with Crippen LogP contribution in [0.5, 0.6) is 11.5 Å². The molecular formula is C19H27NO7S. The Kier molecular flexibility index (Phi) is 8.86. The first-order valence-electron chi connectivity index (χ1n) is 8.56. The topological polar surface area (TPSA) is 147 Å². The molecule has 1 unspecified atom stereocenters. The molecule has 28 heavy (non-hydrogen) atoms. The van der Waals surface area contributed by atoms with Gasteiger partial charge in [0.15, 0.2) is 0 Å². The number of aryl methyl sites for hydroxylation is 1. The summed E-state index contributed by atoms with van der Waals surface area (Å²) in [6, 6.07) is 13.9. The summed E-state index contributed by atoms with van der Waals surface area (Å²) in [6.07, 6.45) is 0.981. The van der Waals surface area contributed by atoms with E-state index in [2.05, 4.69) is 19.2 Å². The van der Waals surface area contributed by atoms with Gasteiger partial charge in [0, 0.05) is 12.1 Å². The maximum Gasteiger partial charge on any atom is 0.394 e. The van der Waals surface area contributed by atoms with E-state index in [1.807, 2.05) is 18.2 Å². The number of aromatic hydroxyl groups is 2. The second-order valence-corrected chi connectivity index (χ2v) is 7.84. The minimum Gasteiger partial charge on any atom is -0.508 e. The largest absolute Gasteiger partial charge is 0.508 e. The number of nitrogens with one attached hydrogen (secondary N) is 1. The molecule has 0 aliphatic rings. The quantitative estimate of drug-likeness (QED) is 0.379. The van der Waals surface area contributed by atoms with Crippen LogP contribution in [0.4, 0.5) is 0 Å². The lowest BCUT2D eigenvalue weighted by atomic mass is 9.94. The summed E-state index contributed by atoms with van der Waals surface area (Å²) in [5.41, 5.74) is 1.54. The molecule has 1 atom stereocenters. The Morgan fingerprint density at radius 3 is 2.07 bits per heavy atom. The number of benzene rings is 2. The van der Waals surface area contributed by atoms with Crippen molar-refractivity contribution in [2.75, 3.05) is 6.54 Å². The Hall–Kier alpha value is -2.17. The molecule has 0 radical (unpaired) electrons. The molecule has 9 heteroatoms. The SMILES string of the molecule is CC(C)(CCc1ccccc1O)NCC(O)c1ccc(O)cc1.O=S(=O)(O)O. The van der Waals surface area contributed by atoms with Crippen LogP contribution in [0.25, 0.3) is 0 Å². The van der Waals surface area contributed by atoms with E-state index < -0.39 is 16.5 Å². The highest BCUT2D eigenvalue weighted by Crippen LogP contribution is 2.22. The molecule has 0 fully saturated rings. The second kappa shape index (κ2) is 10.4. The van der Waals surface area contributed by atoms with Crippen LogP contribution in [0.1, 0.15) is 37.5 Å². The van der Waals surface area contributed by atoms with Crippen molar-refractivity contribution in [3.05, 3.63) is 59.7 Å². The standard InChI is InChI=1S/C19H25NO3.H2O4S/c1-19(2,12-11-14-5-3-4-6-17(14)22)20-13-18(23)15-7-9-16(21)10-8-15;1-5(2,3)4/h3-10,18,20-23H,11-13H2,1-2H3;(H2,1,2,3,4). The first-order valence-corrected chi connectivity index (χ1v) is 9.96. The Morgan fingerprint density at radius 2 is 1.54 bits per heavy atom. The number of hydrogen-bond donors (Lipinski definition) is 6. The number of phenols is 2. The molecule has 0 amide bonds. The normalized spacial score (nSPS) is 12.8. The van der Waals surface area contributed by atoms with Gasteiger partial charge in [0.1, 0.15) is 11.5 Å². The van der Waals surface area contributed by atoms with Crippen LogP contribution in [0, 0.1) is 0 Å². The van der Waals surface area contributed by atoms with Gasteiger partial charge in [-0.15, -0.1) is 0 Å². The highest BCUT2D eigenvalue weighted by molar-refractivity contribution is 7.79. The highest BCUT2D eigenvalue weighted by Gasteiger charge is 2.19. The molecular weight excluding hydrogens is 386 g/mol. The van der Waals surface area contributed by atoms with Crippen molar-refractivity contribution in [3.8, 4) is 11.5 Å². The van der Waals surface area contributed by atoms with Crippen molar-refractivity contribution in [2.45, 2.75) is 38.3 Å². The van der Waals surface area contributed by atoms with E-state index in [1.54, 1.807) is 30.3 Å². The smallest absolute Gasteiger partial charge is 0.394 e. The van der Waals surface area contributed by atoms with Crippen LogP contribution in [-0.4, -0.2) is 44.9 Å². The summed E-state index contributed by atoms with van der Waals surface area (Å²) in [5, 5.41) is 32.7. The summed E-state index contributed by atoms with van der Waals surface area (Å²) in [4.78, 5) is 0. The molecule has 0 heterocycles. The predicted octanol–water partition coefficient (Wildman–Crippen LogP) is 2.48. The number of rotatable bonds is 7. The van der Waals surface area contributed by atoms with Crippen molar-refractivity contribution in [2.24, 2.45) is 0 Å². The van der Waals surface area contributed by atoms with Crippen molar-refractivity contribution < 1.29 is 32.8 Å². The number of β-amino-alcohol motifs (C(OH)–C–C–N with tert-alkyl or cyclic N) is 1. The molecule has 0 saturated heterocycles. The molecule has 0 aliphatic heterocycles. The van der Waals surface area contributed by atoms with Crippen molar-refractivity contribution in [3.63, 3.8) is 0 Å². The van der Waals surface area contributed by atoms with E-state index in [9.17, 15) is 15.3 Å². The average Bonchev–Trinajstić information content (AvgIpc) is 2.58. The monoisotopic (exact) mass is 413 g/mol. The van der Waals surface area contributed by atoms with E-state index in [1.165, 1.54) is 0 Å². The van der Waals surface area contributed by atoms with E-state index in [0.717, 1.165) is 24.0 Å². The lowest BCUT2D eigenvalue weighted by Gasteiger charge is -2.28. The minimum atomic E-state index is -4.67. The Balaban J connectivity index is 0.000000696. The van der Waals surface area contributed by atoms with Gasteiger partial charge in [-0.25, -0.2) is 0 Å². The average molecular weight is 413 g/mol. The van der Waals surface area contributed by atoms with Gasteiger partial charge in [-0.2, -0.15) is 8.42 Å². The Bertz CT molecular complexity index is 828. The van der Waals surface area contributed by atoms with Gasteiger partial charge in [0.05, 0.1) is 6.10 Å². The van der Waals surface area contributed by atoms with Crippen LogP contribution in [0.2, 0.25) is 0 Å². The molecule has 156 valence electrons. The third-order valence-electron chi connectivity index (χ3n) is 4.06. The maximum atomic E-state index is 10.2. The van der Waals surface area contributed by atoms with Gasteiger partial charge in [-0.1, -0.05) is 30.3 Å². The Labute approximate surface area is 165 Å². The Morgan fingerprint density at radius 1 is 1.00 bits per heavy atom. The van der Waals surface area contributed by atoms with Gasteiger partial charge < -0.3 is 20.6 Å². The molecule has 8 nitrogen and oxygen atoms in total. The van der Waals surface area contributed by atoms with Gasteiger partial charge >= 0.3 is 10.4 Å². The fourth-order valence-corrected chi connectivity index (χ4v) is 2.45. The summed E-state index contributed by atoms with van der Waals surface area (Å²) in [5.74, 6) is 0.518. The summed E-state index contributed by atoms with van der Waals surface area (Å²) in [6.45, 7) is 4.59. The van der Waals surface area contributed by atoms with Gasteiger partial charge in [-0.3, -0.25) is 9.11 Å². The third-order valence-corrected chi connectivity index (χ3v) is 4.06. The van der Waals surface area contributed by atoms with Crippen molar-refractivity contribution in [1.29, 1.82) is 0 Å². The molecule has 2 rings (SSSR count). The molecule has 2 aromatic rings. The summed E-state index contributed by atoms with van der Waals surface area (Å²) in [7, 11) is -4.67. The fourth-order valence-electron chi connectivity index (χ4n) is 2.45. The third kappa shape index (κ3) is 10.2. The minimum absolute atomic E-state index is 0.166. The summed E-state index contributed by atoms with van der Waals surface area (Å²) < 4.78 is 31.6. The van der Waals surface area contributed by atoms with Crippen LogP contribution in [-0.2, 0) is 16.8 Å². The van der Waals surface area contributed by atoms with Crippen LogP contribution in [0.3, 0.4) is 0 Å². The zero-order valence-corrected chi connectivity index (χ0v) is 16.6. The second-order valence-electron chi connectivity index (χ2n) is 6.95. The van der Waals surface area contributed by atoms with Gasteiger partial charge in [0.2, 0.25) is 0 Å². The van der Waals surface area contributed by atoms with Crippen molar-refractivity contribution in [1.82, 2.24) is 5.32 Å².